The number of benzene rings is 3. The Kier molecular flexibility index (Phi) is 6.82. The van der Waals surface area contributed by atoms with Gasteiger partial charge in [0, 0.05) is 38.4 Å². The van der Waals surface area contributed by atoms with E-state index in [-0.39, 0.29) is 30.9 Å². The van der Waals surface area contributed by atoms with E-state index in [2.05, 4.69) is 10.6 Å². The van der Waals surface area contributed by atoms with Crippen molar-refractivity contribution in [1.29, 1.82) is 0 Å². The molecule has 0 radical (unpaired) electrons. The molecule has 7 heteroatoms. The molecule has 1 unspecified atom stereocenters. The first-order valence-corrected chi connectivity index (χ1v) is 12.3. The summed E-state index contributed by atoms with van der Waals surface area (Å²) < 4.78 is 0. The first-order chi connectivity index (χ1) is 17.5. The second-order valence-electron chi connectivity index (χ2n) is 9.50. The highest BCUT2D eigenvalue weighted by Gasteiger charge is 2.51. The summed E-state index contributed by atoms with van der Waals surface area (Å²) in [6.45, 7) is 1.11. The SMILES string of the molecule is O=C1CC(c2ccccc2)N(CN2C(=O)NC(Cc3ccccc3)(Cc3ccccc3)C2=O)CCN1. The van der Waals surface area contributed by atoms with E-state index in [9.17, 15) is 14.4 Å². The molecule has 0 aliphatic carbocycles. The molecule has 4 amide bonds. The van der Waals surface area contributed by atoms with E-state index < -0.39 is 11.6 Å². The number of hydrogen-bond acceptors (Lipinski definition) is 4. The summed E-state index contributed by atoms with van der Waals surface area (Å²) >= 11 is 0. The van der Waals surface area contributed by atoms with Gasteiger partial charge in [-0.25, -0.2) is 9.69 Å². The fourth-order valence-electron chi connectivity index (χ4n) is 5.22. The van der Waals surface area contributed by atoms with E-state index in [1.165, 1.54) is 4.90 Å². The van der Waals surface area contributed by atoms with Gasteiger partial charge in [-0.1, -0.05) is 91.0 Å². The molecule has 2 N–H and O–H groups in total. The van der Waals surface area contributed by atoms with Crippen molar-refractivity contribution < 1.29 is 14.4 Å². The first kappa shape index (κ1) is 23.8. The average Bonchev–Trinajstić information content (AvgIpc) is 3.01. The van der Waals surface area contributed by atoms with Crippen molar-refractivity contribution >= 4 is 17.8 Å². The molecule has 3 aromatic carbocycles. The molecule has 184 valence electrons. The van der Waals surface area contributed by atoms with Crippen LogP contribution in [0.5, 0.6) is 0 Å². The van der Waals surface area contributed by atoms with E-state index in [1.54, 1.807) is 0 Å². The van der Waals surface area contributed by atoms with Gasteiger partial charge in [-0.15, -0.1) is 0 Å². The Morgan fingerprint density at radius 1 is 0.778 bits per heavy atom. The third-order valence-corrected chi connectivity index (χ3v) is 6.99. The minimum Gasteiger partial charge on any atom is -0.355 e. The van der Waals surface area contributed by atoms with Crippen LogP contribution in [0.1, 0.15) is 29.2 Å². The Hall–Kier alpha value is -3.97. The standard InChI is InChI=1S/C29H30N4O3/c34-26-18-25(24-14-8-3-9-15-24)32(17-16-30-26)21-33-27(35)29(31-28(33)36,19-22-10-4-1-5-11-22)20-23-12-6-2-7-13-23/h1-15,25H,16-21H2,(H,30,34)(H,31,36). The highest BCUT2D eigenvalue weighted by Crippen LogP contribution is 2.30. The lowest BCUT2D eigenvalue weighted by Gasteiger charge is -2.32. The number of hydrogen-bond donors (Lipinski definition) is 2. The van der Waals surface area contributed by atoms with E-state index >= 15 is 0 Å². The summed E-state index contributed by atoms with van der Waals surface area (Å²) in [5, 5.41) is 5.98. The number of urea groups is 1. The van der Waals surface area contributed by atoms with Gasteiger partial charge in [0.1, 0.15) is 5.54 Å². The summed E-state index contributed by atoms with van der Waals surface area (Å²) in [4.78, 5) is 43.1. The third kappa shape index (κ3) is 5.02. The number of rotatable bonds is 7. The van der Waals surface area contributed by atoms with Gasteiger partial charge in [-0.05, 0) is 16.7 Å². The van der Waals surface area contributed by atoms with Gasteiger partial charge in [-0.3, -0.25) is 14.5 Å². The van der Waals surface area contributed by atoms with Crippen molar-refractivity contribution in [3.05, 3.63) is 108 Å². The quantitative estimate of drug-likeness (QED) is 0.507. The van der Waals surface area contributed by atoms with Crippen molar-refractivity contribution in [3.63, 3.8) is 0 Å². The van der Waals surface area contributed by atoms with Crippen LogP contribution in [0.2, 0.25) is 0 Å². The molecule has 2 aliphatic rings. The van der Waals surface area contributed by atoms with Gasteiger partial charge in [0.2, 0.25) is 5.91 Å². The van der Waals surface area contributed by atoms with Gasteiger partial charge in [0.05, 0.1) is 6.67 Å². The van der Waals surface area contributed by atoms with Crippen LogP contribution in [0.25, 0.3) is 0 Å². The summed E-state index contributed by atoms with van der Waals surface area (Å²) in [6.07, 6.45) is 1.06. The molecular weight excluding hydrogens is 452 g/mol. The maximum atomic E-state index is 14.0. The minimum absolute atomic E-state index is 0.0361. The van der Waals surface area contributed by atoms with Crippen molar-refractivity contribution in [1.82, 2.24) is 20.4 Å². The number of amides is 4. The van der Waals surface area contributed by atoms with E-state index in [1.807, 2.05) is 95.9 Å². The molecule has 0 spiro atoms. The molecule has 0 bridgehead atoms. The maximum Gasteiger partial charge on any atom is 0.326 e. The molecule has 3 aromatic rings. The van der Waals surface area contributed by atoms with Crippen LogP contribution in [0.3, 0.4) is 0 Å². The maximum absolute atomic E-state index is 14.0. The van der Waals surface area contributed by atoms with Crippen LogP contribution in [0.15, 0.2) is 91.0 Å². The number of carbonyl (C=O) groups excluding carboxylic acids is 3. The van der Waals surface area contributed by atoms with Gasteiger partial charge >= 0.3 is 6.03 Å². The summed E-state index contributed by atoms with van der Waals surface area (Å²) in [5.74, 6) is -0.276. The van der Waals surface area contributed by atoms with Gasteiger partial charge in [0.15, 0.2) is 0 Å². The summed E-state index contributed by atoms with van der Waals surface area (Å²) in [6, 6.07) is 28.7. The molecule has 0 aromatic heterocycles. The topological polar surface area (TPSA) is 81.8 Å². The van der Waals surface area contributed by atoms with Crippen LogP contribution in [-0.2, 0) is 22.4 Å². The van der Waals surface area contributed by atoms with Crippen LogP contribution >= 0.6 is 0 Å². The fraction of sp³-hybridized carbons (Fsp3) is 0.276. The smallest absolute Gasteiger partial charge is 0.326 e. The molecule has 2 aliphatic heterocycles. The van der Waals surface area contributed by atoms with Crippen LogP contribution < -0.4 is 10.6 Å². The number of carbonyl (C=O) groups is 3. The first-order valence-electron chi connectivity index (χ1n) is 12.3. The molecule has 2 fully saturated rings. The monoisotopic (exact) mass is 482 g/mol. The molecule has 0 saturated carbocycles. The zero-order valence-electron chi connectivity index (χ0n) is 20.1. The van der Waals surface area contributed by atoms with Crippen LogP contribution in [0, 0.1) is 0 Å². The minimum atomic E-state index is -1.08. The molecule has 7 nitrogen and oxygen atoms in total. The van der Waals surface area contributed by atoms with E-state index in [0.717, 1.165) is 16.7 Å². The Morgan fingerprint density at radius 2 is 1.33 bits per heavy atom. The molecular formula is C29H30N4O3. The molecule has 2 heterocycles. The van der Waals surface area contributed by atoms with Crippen molar-refractivity contribution in [2.24, 2.45) is 0 Å². The Bertz CT molecular complexity index is 1180. The lowest BCUT2D eigenvalue weighted by molar-refractivity contribution is -0.133. The lowest BCUT2D eigenvalue weighted by atomic mass is 9.84. The predicted octanol–water partition coefficient (Wildman–Crippen LogP) is 3.28. The Labute approximate surface area is 211 Å². The van der Waals surface area contributed by atoms with Gasteiger partial charge in [0.25, 0.3) is 5.91 Å². The van der Waals surface area contributed by atoms with Crippen molar-refractivity contribution in [2.75, 3.05) is 19.8 Å². The Balaban J connectivity index is 1.44. The van der Waals surface area contributed by atoms with Crippen LogP contribution in [0.4, 0.5) is 4.79 Å². The van der Waals surface area contributed by atoms with Gasteiger partial charge < -0.3 is 10.6 Å². The number of nitrogens with one attached hydrogen (secondary N) is 2. The van der Waals surface area contributed by atoms with Crippen molar-refractivity contribution in [3.8, 4) is 0 Å². The molecule has 1 atom stereocenters. The summed E-state index contributed by atoms with van der Waals surface area (Å²) in [7, 11) is 0. The average molecular weight is 483 g/mol. The van der Waals surface area contributed by atoms with Gasteiger partial charge in [-0.2, -0.15) is 0 Å². The second kappa shape index (κ2) is 10.3. The predicted molar refractivity (Wildman–Crippen MR) is 137 cm³/mol. The normalized spacial score (nSPS) is 20.1. The highest BCUT2D eigenvalue weighted by molar-refractivity contribution is 6.07. The fourth-order valence-corrected chi connectivity index (χ4v) is 5.22. The van der Waals surface area contributed by atoms with Crippen molar-refractivity contribution in [2.45, 2.75) is 30.8 Å². The lowest BCUT2D eigenvalue weighted by Crippen LogP contribution is -2.51. The molecule has 2 saturated heterocycles. The van der Waals surface area contributed by atoms with E-state index in [4.69, 9.17) is 0 Å². The highest BCUT2D eigenvalue weighted by atomic mass is 16.2. The largest absolute Gasteiger partial charge is 0.355 e. The molecule has 5 rings (SSSR count). The third-order valence-electron chi connectivity index (χ3n) is 6.99. The number of imide groups is 1. The zero-order chi connectivity index (χ0) is 25.0. The number of nitrogens with zero attached hydrogens (tertiary/aromatic N) is 2. The van der Waals surface area contributed by atoms with E-state index in [0.29, 0.717) is 25.9 Å². The second-order valence-corrected chi connectivity index (χ2v) is 9.50. The summed E-state index contributed by atoms with van der Waals surface area (Å²) in [5.41, 5.74) is 1.87. The molecule has 36 heavy (non-hydrogen) atoms. The van der Waals surface area contributed by atoms with Crippen LogP contribution in [-0.4, -0.2) is 52.9 Å². The zero-order valence-corrected chi connectivity index (χ0v) is 20.1. The Morgan fingerprint density at radius 3 is 1.92 bits per heavy atom.